The summed E-state index contributed by atoms with van der Waals surface area (Å²) in [5.74, 6) is 0.654. The van der Waals surface area contributed by atoms with Crippen LogP contribution >= 0.6 is 0 Å². The number of hydrogen-bond acceptors (Lipinski definition) is 5. The lowest BCUT2D eigenvalue weighted by Gasteiger charge is -2.07. The zero-order valence-electron chi connectivity index (χ0n) is 10.4. The van der Waals surface area contributed by atoms with Crippen LogP contribution in [0.5, 0.6) is 5.75 Å². The van der Waals surface area contributed by atoms with Gasteiger partial charge in [0.1, 0.15) is 19.0 Å². The van der Waals surface area contributed by atoms with Crippen molar-refractivity contribution in [3.63, 3.8) is 0 Å². The lowest BCUT2D eigenvalue weighted by molar-refractivity contribution is 0.222. The van der Waals surface area contributed by atoms with E-state index in [0.717, 1.165) is 11.9 Å². The van der Waals surface area contributed by atoms with E-state index >= 15 is 0 Å². The van der Waals surface area contributed by atoms with E-state index in [-0.39, 0.29) is 13.2 Å². The molecule has 19 heavy (non-hydrogen) atoms. The second-order valence-electron chi connectivity index (χ2n) is 3.84. The molecule has 2 rings (SSSR count). The van der Waals surface area contributed by atoms with Crippen molar-refractivity contribution in [2.45, 2.75) is 0 Å². The van der Waals surface area contributed by atoms with Crippen molar-refractivity contribution in [3.8, 4) is 11.4 Å². The summed E-state index contributed by atoms with van der Waals surface area (Å²) in [7, 11) is -3.41. The predicted molar refractivity (Wildman–Crippen MR) is 69.9 cm³/mol. The van der Waals surface area contributed by atoms with E-state index in [2.05, 4.69) is 9.17 Å². The van der Waals surface area contributed by atoms with Crippen LogP contribution in [0, 0.1) is 0 Å². The molecular formula is C12H14N2O4S. The third-order valence-electron chi connectivity index (χ3n) is 2.29. The summed E-state index contributed by atoms with van der Waals surface area (Å²) in [4.78, 5) is 3.96. The molecule has 2 aromatic rings. The molecule has 0 atom stereocenters. The number of aromatic nitrogens is 2. The second kappa shape index (κ2) is 5.85. The number of hydrogen-bond donors (Lipinski definition) is 0. The Morgan fingerprint density at radius 2 is 1.95 bits per heavy atom. The van der Waals surface area contributed by atoms with Crippen molar-refractivity contribution < 1.29 is 17.3 Å². The fourth-order valence-corrected chi connectivity index (χ4v) is 1.84. The zero-order valence-corrected chi connectivity index (χ0v) is 11.2. The van der Waals surface area contributed by atoms with Crippen LogP contribution in [-0.2, 0) is 14.3 Å². The quantitative estimate of drug-likeness (QED) is 0.588. The fraction of sp³-hybridized carbons (Fsp3) is 0.250. The van der Waals surface area contributed by atoms with Crippen molar-refractivity contribution in [2.75, 3.05) is 19.5 Å². The van der Waals surface area contributed by atoms with Crippen LogP contribution in [0.3, 0.4) is 0 Å². The van der Waals surface area contributed by atoms with E-state index in [1.807, 2.05) is 22.9 Å². The maximum Gasteiger partial charge on any atom is 0.264 e. The lowest BCUT2D eigenvalue weighted by atomic mass is 10.3. The summed E-state index contributed by atoms with van der Waals surface area (Å²) in [6.45, 7) is 0.180. The lowest BCUT2D eigenvalue weighted by Crippen LogP contribution is -2.11. The topological polar surface area (TPSA) is 70.4 Å². The molecule has 6 nitrogen and oxygen atoms in total. The largest absolute Gasteiger partial charge is 0.491 e. The second-order valence-corrected chi connectivity index (χ2v) is 5.48. The molecule has 0 aliphatic carbocycles. The van der Waals surface area contributed by atoms with Crippen LogP contribution < -0.4 is 4.74 Å². The van der Waals surface area contributed by atoms with Gasteiger partial charge in [0.25, 0.3) is 10.1 Å². The molecule has 0 spiro atoms. The Morgan fingerprint density at radius 3 is 2.53 bits per heavy atom. The normalized spacial score (nSPS) is 11.4. The number of rotatable bonds is 6. The van der Waals surface area contributed by atoms with Crippen LogP contribution in [0.4, 0.5) is 0 Å². The Balaban J connectivity index is 1.86. The zero-order chi connectivity index (χ0) is 13.7. The van der Waals surface area contributed by atoms with Gasteiger partial charge in [-0.3, -0.25) is 4.18 Å². The Morgan fingerprint density at radius 1 is 1.21 bits per heavy atom. The Kier molecular flexibility index (Phi) is 4.18. The van der Waals surface area contributed by atoms with Gasteiger partial charge in [-0.2, -0.15) is 8.42 Å². The summed E-state index contributed by atoms with van der Waals surface area (Å²) >= 11 is 0. The molecule has 0 aliphatic heterocycles. The molecule has 0 saturated carbocycles. The molecule has 1 aromatic carbocycles. The van der Waals surface area contributed by atoms with E-state index in [1.54, 1.807) is 24.7 Å². The molecule has 1 heterocycles. The van der Waals surface area contributed by atoms with Gasteiger partial charge < -0.3 is 9.30 Å². The monoisotopic (exact) mass is 282 g/mol. The van der Waals surface area contributed by atoms with Gasteiger partial charge in [0.2, 0.25) is 0 Å². The third-order valence-corrected chi connectivity index (χ3v) is 2.88. The Hall–Kier alpha value is -1.86. The van der Waals surface area contributed by atoms with Gasteiger partial charge in [0.05, 0.1) is 12.6 Å². The molecule has 0 bridgehead atoms. The fourth-order valence-electron chi connectivity index (χ4n) is 1.47. The van der Waals surface area contributed by atoms with Crippen LogP contribution in [0.1, 0.15) is 0 Å². The minimum Gasteiger partial charge on any atom is -0.491 e. The number of imidazole rings is 1. The summed E-state index contributed by atoms with van der Waals surface area (Å²) < 4.78 is 33.3. The first-order valence-electron chi connectivity index (χ1n) is 5.60. The molecule has 0 amide bonds. The van der Waals surface area contributed by atoms with Crippen LogP contribution in [0.15, 0.2) is 43.0 Å². The first-order chi connectivity index (χ1) is 9.04. The van der Waals surface area contributed by atoms with Gasteiger partial charge in [0, 0.05) is 18.1 Å². The van der Waals surface area contributed by atoms with Crippen molar-refractivity contribution in [2.24, 2.45) is 0 Å². The van der Waals surface area contributed by atoms with Crippen molar-refractivity contribution >= 4 is 10.1 Å². The van der Waals surface area contributed by atoms with Crippen LogP contribution in [0.25, 0.3) is 5.69 Å². The van der Waals surface area contributed by atoms with Crippen molar-refractivity contribution in [1.29, 1.82) is 0 Å². The Bertz CT molecular complexity index is 606. The highest BCUT2D eigenvalue weighted by molar-refractivity contribution is 7.85. The van der Waals surface area contributed by atoms with Gasteiger partial charge in [0.15, 0.2) is 0 Å². The van der Waals surface area contributed by atoms with E-state index in [4.69, 9.17) is 4.74 Å². The van der Waals surface area contributed by atoms with Crippen LogP contribution in [0.2, 0.25) is 0 Å². The highest BCUT2D eigenvalue weighted by atomic mass is 32.2. The van der Waals surface area contributed by atoms with Gasteiger partial charge in [-0.1, -0.05) is 0 Å². The van der Waals surface area contributed by atoms with E-state index in [1.165, 1.54) is 0 Å². The van der Waals surface area contributed by atoms with Crippen LogP contribution in [-0.4, -0.2) is 37.4 Å². The van der Waals surface area contributed by atoms with Gasteiger partial charge >= 0.3 is 0 Å². The minimum absolute atomic E-state index is 0.00209. The average Bonchev–Trinajstić information content (AvgIpc) is 2.88. The summed E-state index contributed by atoms with van der Waals surface area (Å²) in [6.07, 6.45) is 6.26. The van der Waals surface area contributed by atoms with Gasteiger partial charge in [-0.25, -0.2) is 4.98 Å². The average molecular weight is 282 g/mol. The predicted octanol–water partition coefficient (Wildman–Crippen LogP) is 1.23. The van der Waals surface area contributed by atoms with Gasteiger partial charge in [-0.05, 0) is 24.3 Å². The van der Waals surface area contributed by atoms with Gasteiger partial charge in [-0.15, -0.1) is 0 Å². The highest BCUT2D eigenvalue weighted by Gasteiger charge is 2.01. The van der Waals surface area contributed by atoms with E-state index in [9.17, 15) is 8.42 Å². The molecule has 7 heteroatoms. The summed E-state index contributed by atoms with van der Waals surface area (Å²) in [6, 6.07) is 7.37. The summed E-state index contributed by atoms with van der Waals surface area (Å²) in [5, 5.41) is 0. The molecule has 0 fully saturated rings. The molecule has 0 unspecified atom stereocenters. The highest BCUT2D eigenvalue weighted by Crippen LogP contribution is 2.14. The molecule has 0 N–H and O–H groups in total. The first kappa shape index (κ1) is 13.6. The van der Waals surface area contributed by atoms with Crippen molar-refractivity contribution in [3.05, 3.63) is 43.0 Å². The standard InChI is InChI=1S/C12H14N2O4S/c1-19(15,16)18-9-8-17-12-4-2-11(3-5-12)14-7-6-13-10-14/h2-7,10H,8-9H2,1H3. The van der Waals surface area contributed by atoms with E-state index in [0.29, 0.717) is 5.75 Å². The Labute approximate surface area is 111 Å². The molecule has 1 aromatic heterocycles. The third kappa shape index (κ3) is 4.38. The maximum absolute atomic E-state index is 10.7. The SMILES string of the molecule is CS(=O)(=O)OCCOc1ccc(-n2ccnc2)cc1. The number of benzene rings is 1. The molecule has 102 valence electrons. The maximum atomic E-state index is 10.7. The minimum atomic E-state index is -3.41. The molecule has 0 radical (unpaired) electrons. The molecule has 0 saturated heterocycles. The number of nitrogens with zero attached hydrogens (tertiary/aromatic N) is 2. The first-order valence-corrected chi connectivity index (χ1v) is 7.42. The molecular weight excluding hydrogens is 268 g/mol. The molecule has 0 aliphatic rings. The van der Waals surface area contributed by atoms with Crippen molar-refractivity contribution in [1.82, 2.24) is 9.55 Å². The summed E-state index contributed by atoms with van der Waals surface area (Å²) in [5.41, 5.74) is 0.970. The number of ether oxygens (including phenoxy) is 1. The van der Waals surface area contributed by atoms with E-state index < -0.39 is 10.1 Å². The smallest absolute Gasteiger partial charge is 0.264 e.